The van der Waals surface area contributed by atoms with Crippen molar-refractivity contribution in [3.8, 4) is 5.69 Å². The maximum absolute atomic E-state index is 12.4. The number of alkyl halides is 2. The molecule has 1 aliphatic rings. The van der Waals surface area contributed by atoms with Gasteiger partial charge >= 0.3 is 0 Å². The van der Waals surface area contributed by atoms with Gasteiger partial charge in [-0.1, -0.05) is 0 Å². The summed E-state index contributed by atoms with van der Waals surface area (Å²) in [4.78, 5) is 33.0. The minimum Gasteiger partial charge on any atom is -0.369 e. The average molecular weight is 443 g/mol. The van der Waals surface area contributed by atoms with Crippen molar-refractivity contribution in [2.45, 2.75) is 38.0 Å². The number of primary amides is 1. The summed E-state index contributed by atoms with van der Waals surface area (Å²) < 4.78 is 26.6. The van der Waals surface area contributed by atoms with Crippen molar-refractivity contribution >= 4 is 23.2 Å². The van der Waals surface area contributed by atoms with E-state index in [9.17, 15) is 18.4 Å². The van der Waals surface area contributed by atoms with Crippen molar-refractivity contribution in [1.29, 1.82) is 0 Å². The number of halogens is 2. The first-order valence-corrected chi connectivity index (χ1v) is 10.3. The minimum atomic E-state index is -2.38. The average Bonchev–Trinajstić information content (AvgIpc) is 3.19. The smallest absolute Gasteiger partial charge is 0.250 e. The highest BCUT2D eigenvalue weighted by atomic mass is 19.3. The molecule has 9 heteroatoms. The molecular formula is C23H27F2N5O2. The first-order chi connectivity index (χ1) is 15.0. The zero-order valence-corrected chi connectivity index (χ0v) is 18.4. The minimum absolute atomic E-state index is 0.0312. The predicted octanol–water partition coefficient (Wildman–Crippen LogP) is 3.34. The second-order valence-electron chi connectivity index (χ2n) is 8.57. The van der Waals surface area contributed by atoms with E-state index in [-0.39, 0.29) is 12.8 Å². The summed E-state index contributed by atoms with van der Waals surface area (Å²) >= 11 is 0. The molecule has 1 amide bonds. The number of aromatic nitrogens is 3. The molecule has 3 aromatic heterocycles. The van der Waals surface area contributed by atoms with Gasteiger partial charge in [-0.2, -0.15) is 0 Å². The molecule has 0 aliphatic carbocycles. The van der Waals surface area contributed by atoms with Crippen LogP contribution in [0.3, 0.4) is 0 Å². The van der Waals surface area contributed by atoms with Gasteiger partial charge in [0.05, 0.1) is 17.3 Å². The molecule has 1 saturated heterocycles. The van der Waals surface area contributed by atoms with Crippen molar-refractivity contribution in [3.05, 3.63) is 54.1 Å². The van der Waals surface area contributed by atoms with Crippen LogP contribution >= 0.6 is 0 Å². The van der Waals surface area contributed by atoms with E-state index in [0.29, 0.717) is 24.3 Å². The van der Waals surface area contributed by atoms with Gasteiger partial charge < -0.3 is 10.6 Å². The molecule has 170 valence electrons. The van der Waals surface area contributed by atoms with E-state index in [1.165, 1.54) is 6.20 Å². The van der Waals surface area contributed by atoms with E-state index in [1.807, 2.05) is 34.8 Å². The fraction of sp³-hybridized carbons (Fsp3) is 0.391. The molecule has 0 saturated carbocycles. The van der Waals surface area contributed by atoms with Crippen molar-refractivity contribution in [2.75, 3.05) is 20.1 Å². The molecule has 2 N–H and O–H groups in total. The molecule has 0 atom stereocenters. The van der Waals surface area contributed by atoms with E-state index >= 15 is 0 Å². The number of likely N-dealkylation sites (tertiary alicyclic amines) is 1. The standard InChI is InChI=1S/C17H16N4O2.C6H11F2N/c1-17(2,16(18)23)13-6-14(9-19-8-13)21-4-3-12-5-11(10-22)7-20-15(12)21;1-9-4-2-6(7,8)3-5-9/h3-10H,1-2H3,(H2,18,23);2-5H2,1H3. The molecule has 1 fully saturated rings. The van der Waals surface area contributed by atoms with Crippen LogP contribution in [0.5, 0.6) is 0 Å². The zero-order valence-electron chi connectivity index (χ0n) is 18.4. The molecule has 0 aromatic carbocycles. The van der Waals surface area contributed by atoms with Gasteiger partial charge in [-0.15, -0.1) is 0 Å². The van der Waals surface area contributed by atoms with Crippen LogP contribution in [0.25, 0.3) is 16.7 Å². The van der Waals surface area contributed by atoms with Crippen LogP contribution in [0.15, 0.2) is 43.0 Å². The Balaban J connectivity index is 0.000000269. The number of carbonyl (C=O) groups is 2. The summed E-state index contributed by atoms with van der Waals surface area (Å²) in [5, 5.41) is 0.856. The molecular weight excluding hydrogens is 416 g/mol. The Morgan fingerprint density at radius 2 is 1.88 bits per heavy atom. The predicted molar refractivity (Wildman–Crippen MR) is 118 cm³/mol. The topological polar surface area (TPSA) is 94.1 Å². The third-order valence-corrected chi connectivity index (χ3v) is 5.74. The summed E-state index contributed by atoms with van der Waals surface area (Å²) in [6, 6.07) is 5.52. The molecule has 0 unspecified atom stereocenters. The lowest BCUT2D eigenvalue weighted by molar-refractivity contribution is -0.122. The number of piperidine rings is 1. The number of nitrogens with zero attached hydrogens (tertiary/aromatic N) is 4. The molecule has 3 aromatic rings. The number of carbonyl (C=O) groups excluding carboxylic acids is 2. The monoisotopic (exact) mass is 443 g/mol. The quantitative estimate of drug-likeness (QED) is 0.624. The van der Waals surface area contributed by atoms with Crippen LogP contribution in [0, 0.1) is 0 Å². The zero-order chi connectivity index (χ0) is 23.5. The SMILES string of the molecule is CC(C)(C(N)=O)c1cncc(-n2ccc3cc(C=O)cnc32)c1.CN1CCC(F)(F)CC1. The van der Waals surface area contributed by atoms with Gasteiger partial charge in [0.15, 0.2) is 6.29 Å². The number of amides is 1. The van der Waals surface area contributed by atoms with E-state index in [2.05, 4.69) is 9.97 Å². The van der Waals surface area contributed by atoms with Crippen molar-refractivity contribution in [1.82, 2.24) is 19.4 Å². The lowest BCUT2D eigenvalue weighted by Gasteiger charge is -2.28. The number of fused-ring (bicyclic) bond motifs is 1. The number of aldehydes is 1. The van der Waals surface area contributed by atoms with Gasteiger partial charge in [-0.3, -0.25) is 19.1 Å². The second kappa shape index (κ2) is 9.12. The first kappa shape index (κ1) is 23.5. The number of hydrogen-bond donors (Lipinski definition) is 1. The Labute approximate surface area is 185 Å². The Morgan fingerprint density at radius 1 is 1.19 bits per heavy atom. The third-order valence-electron chi connectivity index (χ3n) is 5.74. The summed E-state index contributed by atoms with van der Waals surface area (Å²) in [5.41, 5.74) is 7.40. The molecule has 4 rings (SSSR count). The number of pyridine rings is 2. The van der Waals surface area contributed by atoms with Gasteiger partial charge in [-0.25, -0.2) is 13.8 Å². The molecule has 0 radical (unpaired) electrons. The van der Waals surface area contributed by atoms with E-state index < -0.39 is 17.2 Å². The van der Waals surface area contributed by atoms with Gasteiger partial charge in [0.25, 0.3) is 5.92 Å². The van der Waals surface area contributed by atoms with Crippen molar-refractivity contribution in [2.24, 2.45) is 5.73 Å². The van der Waals surface area contributed by atoms with Gasteiger partial charge in [0.1, 0.15) is 5.65 Å². The Hall–Kier alpha value is -3.20. The molecule has 0 spiro atoms. The van der Waals surface area contributed by atoms with E-state index in [4.69, 9.17) is 5.73 Å². The molecule has 1 aliphatic heterocycles. The highest BCUT2D eigenvalue weighted by Gasteiger charge is 2.32. The summed E-state index contributed by atoms with van der Waals surface area (Å²) in [6.45, 7) is 4.59. The summed E-state index contributed by atoms with van der Waals surface area (Å²) in [6.07, 6.45) is 7.53. The van der Waals surface area contributed by atoms with Crippen molar-refractivity contribution < 1.29 is 18.4 Å². The fourth-order valence-electron chi connectivity index (χ4n) is 3.30. The molecule has 7 nitrogen and oxygen atoms in total. The van der Waals surface area contributed by atoms with Crippen LogP contribution in [0.2, 0.25) is 0 Å². The summed E-state index contributed by atoms with van der Waals surface area (Å²) in [7, 11) is 1.87. The van der Waals surface area contributed by atoms with Crippen LogP contribution in [0.1, 0.15) is 42.6 Å². The lowest BCUT2D eigenvalue weighted by Crippen LogP contribution is -2.36. The molecule has 32 heavy (non-hydrogen) atoms. The van der Waals surface area contributed by atoms with Crippen LogP contribution in [0.4, 0.5) is 8.78 Å². The highest BCUT2D eigenvalue weighted by Crippen LogP contribution is 2.27. The largest absolute Gasteiger partial charge is 0.369 e. The third kappa shape index (κ3) is 5.16. The highest BCUT2D eigenvalue weighted by molar-refractivity contribution is 5.87. The normalized spacial score (nSPS) is 16.3. The molecule has 4 heterocycles. The van der Waals surface area contributed by atoms with Gasteiger partial charge in [0, 0.05) is 55.5 Å². The fourth-order valence-corrected chi connectivity index (χ4v) is 3.30. The maximum Gasteiger partial charge on any atom is 0.250 e. The number of nitrogens with two attached hydrogens (primary N) is 1. The Kier molecular flexibility index (Phi) is 6.68. The first-order valence-electron chi connectivity index (χ1n) is 10.3. The van der Waals surface area contributed by atoms with E-state index in [0.717, 1.165) is 22.9 Å². The van der Waals surface area contributed by atoms with E-state index in [1.54, 1.807) is 32.3 Å². The second-order valence-corrected chi connectivity index (χ2v) is 8.57. The van der Waals surface area contributed by atoms with Gasteiger partial charge in [-0.05, 0) is 44.7 Å². The van der Waals surface area contributed by atoms with Crippen LogP contribution in [-0.4, -0.2) is 57.7 Å². The number of rotatable bonds is 4. The Morgan fingerprint density at radius 3 is 2.47 bits per heavy atom. The molecule has 0 bridgehead atoms. The Bertz CT molecular complexity index is 1120. The maximum atomic E-state index is 12.4. The van der Waals surface area contributed by atoms with Gasteiger partial charge in [0.2, 0.25) is 5.91 Å². The van der Waals surface area contributed by atoms with Crippen molar-refractivity contribution in [3.63, 3.8) is 0 Å². The lowest BCUT2D eigenvalue weighted by atomic mass is 9.85. The van der Waals surface area contributed by atoms with Crippen LogP contribution < -0.4 is 5.73 Å². The number of hydrogen-bond acceptors (Lipinski definition) is 5. The summed E-state index contributed by atoms with van der Waals surface area (Å²) in [5.74, 6) is -2.80. The van der Waals surface area contributed by atoms with Crippen LogP contribution in [-0.2, 0) is 10.2 Å².